The van der Waals surface area contributed by atoms with Gasteiger partial charge in [-0.1, -0.05) is 65.7 Å². The summed E-state index contributed by atoms with van der Waals surface area (Å²) in [5.41, 5.74) is 4.31. The lowest BCUT2D eigenvalue weighted by atomic mass is 9.98. The molecule has 192 valence electrons. The van der Waals surface area contributed by atoms with Crippen LogP contribution in [0, 0.1) is 0 Å². The van der Waals surface area contributed by atoms with Gasteiger partial charge in [0, 0.05) is 5.92 Å². The molecule has 3 aromatic rings. The molecule has 5 rings (SSSR count). The highest BCUT2D eigenvalue weighted by atomic mass is 16.7. The lowest BCUT2D eigenvalue weighted by Crippen LogP contribution is -2.44. The van der Waals surface area contributed by atoms with Crippen molar-refractivity contribution in [2.24, 2.45) is 0 Å². The van der Waals surface area contributed by atoms with Crippen molar-refractivity contribution in [2.75, 3.05) is 13.7 Å². The van der Waals surface area contributed by atoms with Crippen LogP contribution in [0.1, 0.15) is 44.2 Å². The van der Waals surface area contributed by atoms with E-state index in [0.717, 1.165) is 29.4 Å². The van der Waals surface area contributed by atoms with Crippen LogP contribution in [0.2, 0.25) is 0 Å². The van der Waals surface area contributed by atoms with Gasteiger partial charge in [0.05, 0.1) is 24.7 Å². The Hall–Kier alpha value is -4.99. The van der Waals surface area contributed by atoms with Crippen LogP contribution in [-0.2, 0) is 23.9 Å². The molecule has 2 aliphatic rings. The number of hydrogen-bond acceptors (Lipinski definition) is 8. The average molecular weight is 514 g/mol. The van der Waals surface area contributed by atoms with E-state index < -0.39 is 42.3 Å². The van der Waals surface area contributed by atoms with Gasteiger partial charge in [-0.2, -0.15) is 0 Å². The minimum Gasteiger partial charge on any atom is -0.467 e. The van der Waals surface area contributed by atoms with E-state index in [1.807, 2.05) is 48.5 Å². The second-order valence-electron chi connectivity index (χ2n) is 8.66. The normalized spacial score (nSPS) is 14.3. The van der Waals surface area contributed by atoms with Gasteiger partial charge >= 0.3 is 18.0 Å². The topological polar surface area (TPSA) is 128 Å². The number of methoxy groups -OCH3 is 1. The Morgan fingerprint density at radius 3 is 1.84 bits per heavy atom. The summed E-state index contributed by atoms with van der Waals surface area (Å²) >= 11 is 0. The number of nitrogens with one attached hydrogen (secondary N) is 1. The molecule has 0 saturated heterocycles. The zero-order chi connectivity index (χ0) is 26.8. The van der Waals surface area contributed by atoms with Gasteiger partial charge in [-0.25, -0.2) is 14.4 Å². The van der Waals surface area contributed by atoms with Crippen molar-refractivity contribution < 1.29 is 38.3 Å². The molecule has 0 saturated carbocycles. The van der Waals surface area contributed by atoms with Gasteiger partial charge in [-0.15, -0.1) is 0 Å². The van der Waals surface area contributed by atoms with Crippen LogP contribution < -0.4 is 5.32 Å². The summed E-state index contributed by atoms with van der Waals surface area (Å²) in [5.74, 6) is -3.86. The summed E-state index contributed by atoms with van der Waals surface area (Å²) in [4.78, 5) is 67.2. The summed E-state index contributed by atoms with van der Waals surface area (Å²) < 4.78 is 10.1. The van der Waals surface area contributed by atoms with E-state index in [2.05, 4.69) is 10.1 Å². The Bertz CT molecular complexity index is 1390. The summed E-state index contributed by atoms with van der Waals surface area (Å²) in [6.45, 7) is -0.00671. The number of benzene rings is 3. The van der Waals surface area contributed by atoms with Crippen molar-refractivity contribution in [1.82, 2.24) is 10.4 Å². The van der Waals surface area contributed by atoms with Gasteiger partial charge < -0.3 is 19.6 Å². The molecule has 0 fully saturated rings. The highest BCUT2D eigenvalue weighted by molar-refractivity contribution is 6.20. The molecule has 0 unspecified atom stereocenters. The number of imide groups is 1. The number of hydroxylamine groups is 2. The number of hydrogen-bond donors (Lipinski definition) is 1. The van der Waals surface area contributed by atoms with Crippen LogP contribution in [0.3, 0.4) is 0 Å². The van der Waals surface area contributed by atoms with Gasteiger partial charge in [0.15, 0.2) is 0 Å². The van der Waals surface area contributed by atoms with E-state index >= 15 is 0 Å². The number of nitrogens with zero attached hydrogens (tertiary/aromatic N) is 1. The lowest BCUT2D eigenvalue weighted by molar-refractivity contribution is -0.170. The minimum atomic E-state index is -1.47. The van der Waals surface area contributed by atoms with E-state index in [4.69, 9.17) is 9.57 Å². The number of fused-ring (bicyclic) bond motifs is 4. The van der Waals surface area contributed by atoms with E-state index in [9.17, 15) is 24.0 Å². The zero-order valence-electron chi connectivity index (χ0n) is 20.2. The maximum Gasteiger partial charge on any atom is 0.407 e. The van der Waals surface area contributed by atoms with Crippen molar-refractivity contribution in [1.29, 1.82) is 0 Å². The zero-order valence-corrected chi connectivity index (χ0v) is 20.2. The van der Waals surface area contributed by atoms with E-state index in [-0.39, 0.29) is 23.7 Å². The SMILES string of the molecule is COC(=O)[C@H](CC(=O)ON1C(=O)c2ccccc2C1=O)NC(=O)OCC1c2ccccc2-c2ccccc21. The molecule has 0 radical (unpaired) electrons. The molecule has 1 atom stereocenters. The molecule has 10 heteroatoms. The summed E-state index contributed by atoms with van der Waals surface area (Å²) in [6, 6.07) is 20.2. The van der Waals surface area contributed by atoms with Gasteiger partial charge in [0.1, 0.15) is 12.6 Å². The fraction of sp³-hybridized carbons (Fsp3) is 0.179. The predicted octanol–water partition coefficient (Wildman–Crippen LogP) is 3.21. The first-order valence-corrected chi connectivity index (χ1v) is 11.8. The van der Waals surface area contributed by atoms with Crippen molar-refractivity contribution in [2.45, 2.75) is 18.4 Å². The number of ether oxygens (including phenoxy) is 2. The molecule has 0 aromatic heterocycles. The Morgan fingerprint density at radius 1 is 0.816 bits per heavy atom. The number of alkyl carbamates (subject to hydrolysis) is 1. The molecule has 0 spiro atoms. The van der Waals surface area contributed by atoms with Crippen LogP contribution >= 0.6 is 0 Å². The van der Waals surface area contributed by atoms with Crippen molar-refractivity contribution >= 4 is 29.8 Å². The molecule has 3 amide bonds. The number of rotatable bonds is 7. The summed E-state index contributed by atoms with van der Waals surface area (Å²) in [7, 11) is 1.09. The third-order valence-electron chi connectivity index (χ3n) is 6.44. The van der Waals surface area contributed by atoms with Gasteiger partial charge in [-0.3, -0.25) is 9.59 Å². The maximum absolute atomic E-state index is 12.6. The monoisotopic (exact) mass is 514 g/mol. The van der Waals surface area contributed by atoms with E-state index in [1.54, 1.807) is 12.1 Å². The van der Waals surface area contributed by atoms with Crippen LogP contribution in [0.4, 0.5) is 4.79 Å². The molecule has 1 aliphatic heterocycles. The number of carbonyl (C=O) groups excluding carboxylic acids is 5. The number of esters is 1. The molecule has 38 heavy (non-hydrogen) atoms. The second kappa shape index (κ2) is 10.2. The third kappa shape index (κ3) is 4.47. The molecular formula is C28H22N2O8. The fourth-order valence-corrected chi connectivity index (χ4v) is 4.67. The fourth-order valence-electron chi connectivity index (χ4n) is 4.67. The van der Waals surface area contributed by atoms with Gasteiger partial charge in [0.2, 0.25) is 0 Å². The minimum absolute atomic E-state index is 0.00671. The predicted molar refractivity (Wildman–Crippen MR) is 132 cm³/mol. The van der Waals surface area contributed by atoms with Crippen molar-refractivity contribution in [3.63, 3.8) is 0 Å². The van der Waals surface area contributed by atoms with Gasteiger partial charge in [-0.05, 0) is 34.4 Å². The largest absolute Gasteiger partial charge is 0.467 e. The molecule has 1 N–H and O–H groups in total. The molecular weight excluding hydrogens is 492 g/mol. The quantitative estimate of drug-likeness (QED) is 0.376. The third-order valence-corrected chi connectivity index (χ3v) is 6.44. The van der Waals surface area contributed by atoms with Gasteiger partial charge in [0.25, 0.3) is 11.8 Å². The molecule has 0 bridgehead atoms. The molecule has 3 aromatic carbocycles. The lowest BCUT2D eigenvalue weighted by Gasteiger charge is -2.19. The van der Waals surface area contributed by atoms with Crippen LogP contribution in [0.15, 0.2) is 72.8 Å². The average Bonchev–Trinajstić information content (AvgIpc) is 3.38. The smallest absolute Gasteiger partial charge is 0.407 e. The standard InChI is InChI=1S/C28H22N2O8/c1-36-27(34)23(14-24(31)38-30-25(32)20-12-6-7-13-21(20)26(30)33)29-28(35)37-15-22-18-10-4-2-8-16(18)17-9-3-5-11-19(17)22/h2-13,22-23H,14-15H2,1H3,(H,29,35)/t23-/m0/s1. The van der Waals surface area contributed by atoms with Crippen molar-refractivity contribution in [3.8, 4) is 11.1 Å². The first kappa shape index (κ1) is 24.7. The number of amides is 3. The Balaban J connectivity index is 1.22. The van der Waals surface area contributed by atoms with Crippen molar-refractivity contribution in [3.05, 3.63) is 95.1 Å². The van der Waals surface area contributed by atoms with E-state index in [0.29, 0.717) is 5.06 Å². The highest BCUT2D eigenvalue weighted by Crippen LogP contribution is 2.44. The molecule has 1 heterocycles. The Kier molecular flexibility index (Phi) is 6.61. The van der Waals surface area contributed by atoms with E-state index in [1.165, 1.54) is 12.1 Å². The summed E-state index contributed by atoms with van der Waals surface area (Å²) in [5, 5.41) is 2.64. The molecule has 10 nitrogen and oxygen atoms in total. The first-order chi connectivity index (χ1) is 18.4. The summed E-state index contributed by atoms with van der Waals surface area (Å²) in [6.07, 6.45) is -1.65. The second-order valence-corrected chi connectivity index (χ2v) is 8.66. The maximum atomic E-state index is 12.6. The Morgan fingerprint density at radius 2 is 1.32 bits per heavy atom. The van der Waals surface area contributed by atoms with Crippen LogP contribution in [-0.4, -0.2) is 54.7 Å². The Labute approximate surface area is 217 Å². The molecule has 1 aliphatic carbocycles. The number of carbonyl (C=O) groups is 5. The van der Waals surface area contributed by atoms with Crippen LogP contribution in [0.5, 0.6) is 0 Å². The first-order valence-electron chi connectivity index (χ1n) is 11.8. The van der Waals surface area contributed by atoms with Crippen LogP contribution in [0.25, 0.3) is 11.1 Å². The highest BCUT2D eigenvalue weighted by Gasteiger charge is 2.39.